The molecule has 0 radical (unpaired) electrons. The fourth-order valence-electron chi connectivity index (χ4n) is 6.58. The highest BCUT2D eigenvalue weighted by Crippen LogP contribution is 2.13. The molecule has 0 heterocycles. The number of hydrogen-bond acceptors (Lipinski definition) is 6. The quantitative estimate of drug-likeness (QED) is 0.0263. The van der Waals surface area contributed by atoms with Crippen LogP contribution < -0.4 is 0 Å². The van der Waals surface area contributed by atoms with Crippen molar-refractivity contribution in [1.82, 2.24) is 0 Å². The van der Waals surface area contributed by atoms with Gasteiger partial charge < -0.3 is 14.2 Å². The number of ether oxygens (including phenoxy) is 3. The van der Waals surface area contributed by atoms with Crippen LogP contribution in [0.4, 0.5) is 0 Å². The number of hydrogen-bond donors (Lipinski definition) is 0. The zero-order valence-electron chi connectivity index (χ0n) is 39.7. The number of carbonyl (C=O) groups is 3. The number of carbonyl (C=O) groups excluding carboxylic acids is 3. The Morgan fingerprint density at radius 2 is 0.672 bits per heavy atom. The van der Waals surface area contributed by atoms with Gasteiger partial charge in [-0.2, -0.15) is 0 Å². The van der Waals surface area contributed by atoms with Gasteiger partial charge >= 0.3 is 17.9 Å². The zero-order valence-corrected chi connectivity index (χ0v) is 39.7. The highest BCUT2D eigenvalue weighted by molar-refractivity contribution is 5.71. The first-order valence-electron chi connectivity index (χ1n) is 25.1. The van der Waals surface area contributed by atoms with Crippen molar-refractivity contribution in [3.8, 4) is 0 Å². The predicted octanol–water partition coefficient (Wildman–Crippen LogP) is 16.4. The van der Waals surface area contributed by atoms with E-state index in [1.165, 1.54) is 32.1 Å². The van der Waals surface area contributed by atoms with Crippen molar-refractivity contribution in [2.45, 2.75) is 232 Å². The van der Waals surface area contributed by atoms with E-state index in [0.29, 0.717) is 19.3 Å². The largest absolute Gasteiger partial charge is 0.462 e. The smallest absolute Gasteiger partial charge is 0.306 e. The fraction of sp³-hybridized carbons (Fsp3) is 0.691. The van der Waals surface area contributed by atoms with E-state index in [2.05, 4.69) is 106 Å². The van der Waals surface area contributed by atoms with Crippen LogP contribution in [0.2, 0.25) is 0 Å². The SMILES string of the molecule is CC/C=C\C/C=C\C/C=C\CCCCCCCC(=O)OCC(COC(=O)CCCCCCC/C=C\C/C=C\CCC)OC(=O)CCCCCCC/C=C\C/C=C\CCCCC. The number of unbranched alkanes of at least 4 members (excludes halogenated alkanes) is 19. The predicted molar refractivity (Wildman–Crippen MR) is 261 cm³/mol. The van der Waals surface area contributed by atoms with Crippen LogP contribution in [0.3, 0.4) is 0 Å². The van der Waals surface area contributed by atoms with Crippen molar-refractivity contribution in [2.24, 2.45) is 0 Å². The summed E-state index contributed by atoms with van der Waals surface area (Å²) in [6.07, 6.45) is 62.7. The third kappa shape index (κ3) is 47.5. The maximum atomic E-state index is 12.8. The van der Waals surface area contributed by atoms with E-state index in [1.54, 1.807) is 0 Å². The summed E-state index contributed by atoms with van der Waals surface area (Å²) >= 11 is 0. The Kier molecular flexibility index (Phi) is 46.5. The van der Waals surface area contributed by atoms with Gasteiger partial charge in [0, 0.05) is 19.3 Å². The van der Waals surface area contributed by atoms with E-state index >= 15 is 0 Å². The molecule has 0 aromatic carbocycles. The molecule has 0 aliphatic carbocycles. The Morgan fingerprint density at radius 3 is 1.07 bits per heavy atom. The molecule has 0 bridgehead atoms. The van der Waals surface area contributed by atoms with E-state index < -0.39 is 6.10 Å². The standard InChI is InChI=1S/C55H92O6/c1-4-7-10-13-16-19-22-25-27-30-33-36-39-42-45-48-54(57)60-51-52(50-59-53(56)47-44-41-38-35-32-29-24-21-18-15-12-9-6-3)61-55(58)49-46-43-40-37-34-31-28-26-23-20-17-14-11-8-5-2/h7,10,12,15-17,19-21,24-28,52H,4-6,8-9,11,13-14,18,22-23,29-51H2,1-3H3/b10-7-,15-12-,19-16-,20-17-,24-21-,27-25-,28-26-. The maximum Gasteiger partial charge on any atom is 0.306 e. The molecule has 0 saturated carbocycles. The molecule has 6 heteroatoms. The second kappa shape index (κ2) is 49.2. The molecule has 0 rings (SSSR count). The van der Waals surface area contributed by atoms with Gasteiger partial charge in [0.05, 0.1) is 0 Å². The van der Waals surface area contributed by atoms with Crippen molar-refractivity contribution in [1.29, 1.82) is 0 Å². The maximum absolute atomic E-state index is 12.8. The Morgan fingerprint density at radius 1 is 0.344 bits per heavy atom. The molecule has 6 nitrogen and oxygen atoms in total. The van der Waals surface area contributed by atoms with Crippen LogP contribution in [0.1, 0.15) is 226 Å². The molecule has 0 aliphatic heterocycles. The molecular formula is C55H92O6. The van der Waals surface area contributed by atoms with Crippen molar-refractivity contribution in [3.63, 3.8) is 0 Å². The van der Waals surface area contributed by atoms with Crippen molar-refractivity contribution < 1.29 is 28.6 Å². The Labute approximate surface area is 375 Å². The third-order valence-electron chi connectivity index (χ3n) is 10.3. The van der Waals surface area contributed by atoms with Gasteiger partial charge in [-0.1, -0.05) is 183 Å². The van der Waals surface area contributed by atoms with Gasteiger partial charge in [-0.3, -0.25) is 14.4 Å². The molecule has 1 unspecified atom stereocenters. The van der Waals surface area contributed by atoms with E-state index in [0.717, 1.165) is 154 Å². The van der Waals surface area contributed by atoms with Crippen molar-refractivity contribution in [2.75, 3.05) is 13.2 Å². The molecule has 0 fully saturated rings. The second-order valence-electron chi connectivity index (χ2n) is 16.3. The molecule has 0 spiro atoms. The average molecular weight is 849 g/mol. The number of rotatable bonds is 44. The van der Waals surface area contributed by atoms with Gasteiger partial charge in [0.15, 0.2) is 6.10 Å². The third-order valence-corrected chi connectivity index (χ3v) is 10.3. The van der Waals surface area contributed by atoms with Crippen LogP contribution in [0, 0.1) is 0 Å². The lowest BCUT2D eigenvalue weighted by Crippen LogP contribution is -2.30. The van der Waals surface area contributed by atoms with Gasteiger partial charge in [-0.05, 0) is 109 Å². The molecule has 0 N–H and O–H groups in total. The minimum atomic E-state index is -0.796. The summed E-state index contributed by atoms with van der Waals surface area (Å²) in [5, 5.41) is 0. The minimum absolute atomic E-state index is 0.0962. The Bertz CT molecular complexity index is 1200. The Hall–Kier alpha value is -3.41. The molecule has 348 valence electrons. The van der Waals surface area contributed by atoms with Crippen LogP contribution in [-0.2, 0) is 28.6 Å². The van der Waals surface area contributed by atoms with Crippen molar-refractivity contribution in [3.05, 3.63) is 85.1 Å². The summed E-state index contributed by atoms with van der Waals surface area (Å²) in [4.78, 5) is 37.9. The summed E-state index contributed by atoms with van der Waals surface area (Å²) < 4.78 is 16.7. The molecule has 1 atom stereocenters. The van der Waals surface area contributed by atoms with Gasteiger partial charge in [0.2, 0.25) is 0 Å². The van der Waals surface area contributed by atoms with Crippen LogP contribution in [0.25, 0.3) is 0 Å². The normalized spacial score (nSPS) is 12.8. The van der Waals surface area contributed by atoms with Gasteiger partial charge in [0.1, 0.15) is 13.2 Å². The zero-order chi connectivity index (χ0) is 44.4. The lowest BCUT2D eigenvalue weighted by Gasteiger charge is -2.18. The summed E-state index contributed by atoms with van der Waals surface area (Å²) in [5.74, 6) is -0.943. The summed E-state index contributed by atoms with van der Waals surface area (Å²) in [6.45, 7) is 6.39. The molecule has 0 aromatic rings. The van der Waals surface area contributed by atoms with Crippen LogP contribution in [-0.4, -0.2) is 37.2 Å². The molecule has 0 saturated heterocycles. The van der Waals surface area contributed by atoms with Crippen LogP contribution in [0.15, 0.2) is 85.1 Å². The highest BCUT2D eigenvalue weighted by atomic mass is 16.6. The number of allylic oxidation sites excluding steroid dienone is 14. The molecule has 61 heavy (non-hydrogen) atoms. The summed E-state index contributed by atoms with van der Waals surface area (Å²) in [7, 11) is 0. The van der Waals surface area contributed by atoms with Gasteiger partial charge in [-0.15, -0.1) is 0 Å². The molecule has 0 aromatic heterocycles. The first-order chi connectivity index (χ1) is 30.0. The van der Waals surface area contributed by atoms with E-state index in [4.69, 9.17) is 14.2 Å². The lowest BCUT2D eigenvalue weighted by atomic mass is 10.1. The topological polar surface area (TPSA) is 78.9 Å². The van der Waals surface area contributed by atoms with Crippen LogP contribution >= 0.6 is 0 Å². The van der Waals surface area contributed by atoms with Gasteiger partial charge in [-0.25, -0.2) is 0 Å². The monoisotopic (exact) mass is 849 g/mol. The first-order valence-corrected chi connectivity index (χ1v) is 25.1. The number of esters is 3. The van der Waals surface area contributed by atoms with E-state index in [1.807, 2.05) is 0 Å². The summed E-state index contributed by atoms with van der Waals surface area (Å²) in [5.41, 5.74) is 0. The first kappa shape index (κ1) is 57.6. The second-order valence-corrected chi connectivity index (χ2v) is 16.3. The van der Waals surface area contributed by atoms with Gasteiger partial charge in [0.25, 0.3) is 0 Å². The summed E-state index contributed by atoms with van der Waals surface area (Å²) in [6, 6.07) is 0. The van der Waals surface area contributed by atoms with Crippen molar-refractivity contribution >= 4 is 17.9 Å². The lowest BCUT2D eigenvalue weighted by molar-refractivity contribution is -0.167. The minimum Gasteiger partial charge on any atom is -0.462 e. The fourth-order valence-corrected chi connectivity index (χ4v) is 6.58. The molecule has 0 aliphatic rings. The Balaban J connectivity index is 4.47. The average Bonchev–Trinajstić information content (AvgIpc) is 3.26. The van der Waals surface area contributed by atoms with E-state index in [9.17, 15) is 14.4 Å². The van der Waals surface area contributed by atoms with Crippen LogP contribution in [0.5, 0.6) is 0 Å². The van der Waals surface area contributed by atoms with E-state index in [-0.39, 0.29) is 31.1 Å². The molecule has 0 amide bonds. The highest BCUT2D eigenvalue weighted by Gasteiger charge is 2.19. The molecular weight excluding hydrogens is 757 g/mol.